The molecule has 0 fully saturated rings. The van der Waals surface area contributed by atoms with Crippen LogP contribution in [-0.4, -0.2) is 37.2 Å². The number of rotatable bonds is 55. The summed E-state index contributed by atoms with van der Waals surface area (Å²) in [5, 5.41) is 0. The molecule has 0 spiro atoms. The van der Waals surface area contributed by atoms with Crippen LogP contribution in [0.25, 0.3) is 0 Å². The highest BCUT2D eigenvalue weighted by molar-refractivity contribution is 5.71. The molecule has 0 aliphatic heterocycles. The molecule has 0 aromatic carbocycles. The Kier molecular flexibility index (Phi) is 54.7. The molecule has 6 nitrogen and oxygen atoms in total. The third-order valence-electron chi connectivity index (χ3n) is 13.5. The number of carbonyl (C=O) groups excluding carboxylic acids is 3. The van der Waals surface area contributed by atoms with E-state index < -0.39 is 6.10 Å². The van der Waals surface area contributed by atoms with E-state index in [0.29, 0.717) is 19.3 Å². The molecule has 0 heterocycles. The van der Waals surface area contributed by atoms with Crippen molar-refractivity contribution in [1.82, 2.24) is 0 Å². The van der Waals surface area contributed by atoms with Gasteiger partial charge >= 0.3 is 17.9 Å². The molecule has 6 heteroatoms. The minimum atomic E-state index is -0.765. The summed E-state index contributed by atoms with van der Waals surface area (Å²) in [6.45, 7) is 6.60. The number of allylic oxidation sites excluding steroid dienone is 4. The van der Waals surface area contributed by atoms with Crippen LogP contribution >= 0.6 is 0 Å². The summed E-state index contributed by atoms with van der Waals surface area (Å²) in [5.41, 5.74) is 0. The highest BCUT2D eigenvalue weighted by Crippen LogP contribution is 2.17. The Morgan fingerprint density at radius 3 is 0.821 bits per heavy atom. The van der Waals surface area contributed by atoms with Gasteiger partial charge in [0, 0.05) is 19.3 Å². The maximum atomic E-state index is 12.8. The van der Waals surface area contributed by atoms with Gasteiger partial charge in [0.2, 0.25) is 0 Å². The molecule has 1 unspecified atom stereocenters. The lowest BCUT2D eigenvalue weighted by molar-refractivity contribution is -0.167. The van der Waals surface area contributed by atoms with E-state index >= 15 is 0 Å². The quantitative estimate of drug-likeness (QED) is 0.0262. The van der Waals surface area contributed by atoms with Gasteiger partial charge in [-0.3, -0.25) is 14.4 Å². The van der Waals surface area contributed by atoms with Gasteiger partial charge in [0.1, 0.15) is 13.2 Å². The topological polar surface area (TPSA) is 78.9 Å². The van der Waals surface area contributed by atoms with Crippen molar-refractivity contribution in [1.29, 1.82) is 0 Å². The number of hydrogen-bond donors (Lipinski definition) is 0. The predicted molar refractivity (Wildman–Crippen MR) is 289 cm³/mol. The Morgan fingerprint density at radius 2 is 0.537 bits per heavy atom. The standard InChI is InChI=1S/C61H114O6/c1-4-7-10-13-15-17-19-21-23-25-27-29-30-32-33-35-37-39-41-43-45-48-51-54-60(63)66-57-58(56-65-59(62)53-50-47-12-9-6-3)67-61(64)55-52-49-46-44-42-40-38-36-34-31-28-26-24-22-20-18-16-14-11-8-5-2/h19,21,25,27,58H,4-18,20,22-24,26,28-57H2,1-3H3/b21-19-,27-25-. The number of ether oxygens (including phenoxy) is 3. The largest absolute Gasteiger partial charge is 0.462 e. The van der Waals surface area contributed by atoms with E-state index in [9.17, 15) is 14.4 Å². The second-order valence-corrected chi connectivity index (χ2v) is 20.3. The summed E-state index contributed by atoms with van der Waals surface area (Å²) in [7, 11) is 0. The molecule has 0 aliphatic rings. The Balaban J connectivity index is 4.03. The average Bonchev–Trinajstić information content (AvgIpc) is 3.33. The van der Waals surface area contributed by atoms with E-state index in [2.05, 4.69) is 45.1 Å². The van der Waals surface area contributed by atoms with Crippen molar-refractivity contribution >= 4 is 17.9 Å². The first-order valence-electron chi connectivity index (χ1n) is 29.8. The van der Waals surface area contributed by atoms with Crippen molar-refractivity contribution in [3.8, 4) is 0 Å². The monoisotopic (exact) mass is 943 g/mol. The Morgan fingerprint density at radius 1 is 0.299 bits per heavy atom. The van der Waals surface area contributed by atoms with Crippen LogP contribution in [0, 0.1) is 0 Å². The lowest BCUT2D eigenvalue weighted by atomic mass is 10.0. The van der Waals surface area contributed by atoms with Gasteiger partial charge in [-0.15, -0.1) is 0 Å². The molecular weight excluding hydrogens is 829 g/mol. The lowest BCUT2D eigenvalue weighted by Gasteiger charge is -2.18. The smallest absolute Gasteiger partial charge is 0.306 e. The van der Waals surface area contributed by atoms with E-state index in [-0.39, 0.29) is 31.1 Å². The summed E-state index contributed by atoms with van der Waals surface area (Å²) >= 11 is 0. The maximum absolute atomic E-state index is 12.8. The van der Waals surface area contributed by atoms with Crippen LogP contribution in [0.5, 0.6) is 0 Å². The molecule has 0 radical (unpaired) electrons. The summed E-state index contributed by atoms with van der Waals surface area (Å²) < 4.78 is 16.8. The molecule has 0 aromatic rings. The number of unbranched alkanes of at least 4 members (excludes halogenated alkanes) is 40. The fourth-order valence-electron chi connectivity index (χ4n) is 8.95. The molecule has 394 valence electrons. The Labute approximate surface area is 417 Å². The molecule has 67 heavy (non-hydrogen) atoms. The van der Waals surface area contributed by atoms with E-state index in [1.165, 1.54) is 218 Å². The van der Waals surface area contributed by atoms with Crippen molar-refractivity contribution in [3.63, 3.8) is 0 Å². The van der Waals surface area contributed by atoms with Crippen LogP contribution < -0.4 is 0 Å². The second kappa shape index (κ2) is 56.5. The van der Waals surface area contributed by atoms with Gasteiger partial charge < -0.3 is 14.2 Å². The molecule has 0 aromatic heterocycles. The van der Waals surface area contributed by atoms with Crippen molar-refractivity contribution in [3.05, 3.63) is 24.3 Å². The SMILES string of the molecule is CCCCCCC/C=C\C/C=C\CCCCCCCCCCCCCC(=O)OCC(COC(=O)CCCCCCC)OC(=O)CCCCCCCCCCCCCCCCCCCCCCC. The van der Waals surface area contributed by atoms with Crippen LogP contribution in [0.15, 0.2) is 24.3 Å². The highest BCUT2D eigenvalue weighted by atomic mass is 16.6. The first-order chi connectivity index (χ1) is 33.0. The summed E-state index contributed by atoms with van der Waals surface area (Å²) in [6, 6.07) is 0. The minimum absolute atomic E-state index is 0.0681. The van der Waals surface area contributed by atoms with E-state index in [1.807, 2.05) is 0 Å². The van der Waals surface area contributed by atoms with Gasteiger partial charge in [-0.25, -0.2) is 0 Å². The normalized spacial score (nSPS) is 12.1. The summed E-state index contributed by atoms with van der Waals surface area (Å²) in [4.78, 5) is 37.8. The van der Waals surface area contributed by atoms with Gasteiger partial charge in [0.05, 0.1) is 0 Å². The minimum Gasteiger partial charge on any atom is -0.462 e. The molecule has 0 saturated heterocycles. The lowest BCUT2D eigenvalue weighted by Crippen LogP contribution is -2.30. The van der Waals surface area contributed by atoms with Gasteiger partial charge in [0.25, 0.3) is 0 Å². The van der Waals surface area contributed by atoms with Crippen LogP contribution in [0.3, 0.4) is 0 Å². The molecule has 0 saturated carbocycles. The zero-order valence-electron chi connectivity index (χ0n) is 45.2. The van der Waals surface area contributed by atoms with Crippen molar-refractivity contribution in [2.24, 2.45) is 0 Å². The van der Waals surface area contributed by atoms with E-state index in [0.717, 1.165) is 70.6 Å². The zero-order chi connectivity index (χ0) is 48.6. The molecule has 0 amide bonds. The number of carbonyl (C=O) groups is 3. The molecule has 0 aliphatic carbocycles. The van der Waals surface area contributed by atoms with Gasteiger partial charge in [-0.2, -0.15) is 0 Å². The fourth-order valence-corrected chi connectivity index (χ4v) is 8.95. The Bertz CT molecular complexity index is 1080. The third-order valence-corrected chi connectivity index (χ3v) is 13.5. The highest BCUT2D eigenvalue weighted by Gasteiger charge is 2.19. The van der Waals surface area contributed by atoms with Crippen LogP contribution in [-0.2, 0) is 28.6 Å². The second-order valence-electron chi connectivity index (χ2n) is 20.3. The summed E-state index contributed by atoms with van der Waals surface area (Å²) in [6.07, 6.45) is 66.5. The third kappa shape index (κ3) is 54.7. The molecular formula is C61H114O6. The van der Waals surface area contributed by atoms with E-state index in [1.54, 1.807) is 0 Å². The van der Waals surface area contributed by atoms with Crippen LogP contribution in [0.2, 0.25) is 0 Å². The van der Waals surface area contributed by atoms with Crippen molar-refractivity contribution < 1.29 is 28.6 Å². The molecule has 0 bridgehead atoms. The van der Waals surface area contributed by atoms with Crippen molar-refractivity contribution in [2.75, 3.05) is 13.2 Å². The zero-order valence-corrected chi connectivity index (χ0v) is 45.2. The summed E-state index contributed by atoms with van der Waals surface area (Å²) in [5.74, 6) is -0.864. The number of hydrogen-bond acceptors (Lipinski definition) is 6. The van der Waals surface area contributed by atoms with Crippen LogP contribution in [0.1, 0.15) is 329 Å². The van der Waals surface area contributed by atoms with E-state index in [4.69, 9.17) is 14.2 Å². The van der Waals surface area contributed by atoms with Crippen molar-refractivity contribution in [2.45, 2.75) is 335 Å². The van der Waals surface area contributed by atoms with Gasteiger partial charge in [0.15, 0.2) is 6.10 Å². The fraction of sp³-hybridized carbons (Fsp3) is 0.885. The van der Waals surface area contributed by atoms with Crippen LogP contribution in [0.4, 0.5) is 0 Å². The Hall–Kier alpha value is -2.11. The van der Waals surface area contributed by atoms with Gasteiger partial charge in [-0.1, -0.05) is 283 Å². The maximum Gasteiger partial charge on any atom is 0.306 e. The molecule has 0 rings (SSSR count). The first-order valence-corrected chi connectivity index (χ1v) is 29.8. The molecule has 1 atom stereocenters. The number of esters is 3. The first kappa shape index (κ1) is 64.9. The van der Waals surface area contributed by atoms with Gasteiger partial charge in [-0.05, 0) is 51.4 Å². The molecule has 0 N–H and O–H groups in total. The average molecular weight is 944 g/mol. The predicted octanol–water partition coefficient (Wildman–Crippen LogP) is 19.9.